The lowest BCUT2D eigenvalue weighted by molar-refractivity contribution is -0.143. The monoisotopic (exact) mass is 380 g/mol. The van der Waals surface area contributed by atoms with Crippen molar-refractivity contribution in [3.63, 3.8) is 0 Å². The van der Waals surface area contributed by atoms with Gasteiger partial charge in [0.1, 0.15) is 25.0 Å². The first kappa shape index (κ1) is 18.1. The lowest BCUT2D eigenvalue weighted by Gasteiger charge is -2.31. The van der Waals surface area contributed by atoms with Crippen LogP contribution in [0.25, 0.3) is 0 Å². The third-order valence-electron chi connectivity index (χ3n) is 4.93. The molecule has 2 aromatic rings. The van der Waals surface area contributed by atoms with Gasteiger partial charge in [-0.15, -0.1) is 0 Å². The number of amides is 2. The molecule has 0 spiro atoms. The highest BCUT2D eigenvalue weighted by Gasteiger charge is 2.52. The van der Waals surface area contributed by atoms with Crippen molar-refractivity contribution >= 4 is 12.0 Å². The summed E-state index contributed by atoms with van der Waals surface area (Å²) in [7, 11) is 0. The highest BCUT2D eigenvalue weighted by atomic mass is 16.7. The third-order valence-corrected chi connectivity index (χ3v) is 4.93. The molecule has 0 saturated carbocycles. The number of carboxylic acids is 1. The average Bonchev–Trinajstić information content (AvgIpc) is 2.97. The molecule has 2 amide bonds. The Morgan fingerprint density at radius 1 is 1.21 bits per heavy atom. The van der Waals surface area contributed by atoms with Gasteiger partial charge in [-0.1, -0.05) is 55.1 Å². The second kappa shape index (κ2) is 7.36. The second-order valence-electron chi connectivity index (χ2n) is 6.64. The molecule has 2 bridgehead atoms. The molecule has 0 aromatic heterocycles. The predicted molar refractivity (Wildman–Crippen MR) is 100 cm³/mol. The number of hydrogen-bond donors (Lipinski definition) is 1. The van der Waals surface area contributed by atoms with Crippen molar-refractivity contribution in [3.05, 3.63) is 77.9 Å². The zero-order valence-electron chi connectivity index (χ0n) is 15.2. The van der Waals surface area contributed by atoms with E-state index in [-0.39, 0.29) is 19.8 Å². The van der Waals surface area contributed by atoms with Gasteiger partial charge in [-0.25, -0.2) is 9.59 Å². The average molecular weight is 380 g/mol. The van der Waals surface area contributed by atoms with Crippen molar-refractivity contribution in [2.45, 2.75) is 18.7 Å². The fourth-order valence-corrected chi connectivity index (χ4v) is 3.75. The van der Waals surface area contributed by atoms with E-state index in [0.717, 1.165) is 5.56 Å². The summed E-state index contributed by atoms with van der Waals surface area (Å²) < 4.78 is 5.76. The molecule has 2 atom stereocenters. The maximum absolute atomic E-state index is 12.9. The van der Waals surface area contributed by atoms with Crippen LogP contribution in [0.1, 0.15) is 28.8 Å². The van der Waals surface area contributed by atoms with Gasteiger partial charge in [-0.3, -0.25) is 4.84 Å². The Labute approximate surface area is 162 Å². The van der Waals surface area contributed by atoms with Crippen LogP contribution in [0.15, 0.2) is 61.2 Å². The van der Waals surface area contributed by atoms with E-state index in [1.165, 1.54) is 9.96 Å². The summed E-state index contributed by atoms with van der Waals surface area (Å²) in [5.41, 5.74) is 2.13. The zero-order valence-corrected chi connectivity index (χ0v) is 15.2. The minimum atomic E-state index is -1.08. The topological polar surface area (TPSA) is 79.3 Å². The van der Waals surface area contributed by atoms with Crippen molar-refractivity contribution in [1.82, 2.24) is 9.96 Å². The molecule has 1 N–H and O–H groups in total. The molecule has 1 fully saturated rings. The second-order valence-corrected chi connectivity index (χ2v) is 6.64. The predicted octanol–water partition coefficient (Wildman–Crippen LogP) is 3.30. The van der Waals surface area contributed by atoms with Crippen LogP contribution in [-0.2, 0) is 16.2 Å². The number of benzene rings is 2. The van der Waals surface area contributed by atoms with E-state index in [9.17, 15) is 14.7 Å². The van der Waals surface area contributed by atoms with Crippen LogP contribution in [-0.4, -0.2) is 40.2 Å². The number of hydrogen-bond acceptors (Lipinski definition) is 4. The number of carbonyl (C=O) groups excluding carboxylic acids is 1. The highest BCUT2D eigenvalue weighted by Crippen LogP contribution is 2.47. The summed E-state index contributed by atoms with van der Waals surface area (Å²) in [6.45, 7) is 4.37. The van der Waals surface area contributed by atoms with E-state index >= 15 is 0 Å². The molecule has 2 aliphatic rings. The summed E-state index contributed by atoms with van der Waals surface area (Å²) in [4.78, 5) is 32.0. The summed E-state index contributed by atoms with van der Waals surface area (Å²) in [6.07, 6.45) is 1.62. The first-order chi connectivity index (χ1) is 13.6. The van der Waals surface area contributed by atoms with Gasteiger partial charge in [0.25, 0.3) is 0 Å². The molecule has 0 radical (unpaired) electrons. The van der Waals surface area contributed by atoms with E-state index < -0.39 is 24.1 Å². The third kappa shape index (κ3) is 2.99. The first-order valence-corrected chi connectivity index (χ1v) is 8.97. The Balaban J connectivity index is 1.71. The van der Waals surface area contributed by atoms with Crippen molar-refractivity contribution in [1.29, 1.82) is 0 Å². The van der Waals surface area contributed by atoms with Crippen LogP contribution in [0.5, 0.6) is 5.75 Å². The zero-order chi connectivity index (χ0) is 19.7. The van der Waals surface area contributed by atoms with E-state index in [1.54, 1.807) is 24.3 Å². The molecule has 7 nitrogen and oxygen atoms in total. The number of fused-ring (bicyclic) bond motifs is 4. The Morgan fingerprint density at radius 2 is 2.00 bits per heavy atom. The Morgan fingerprint density at radius 3 is 2.71 bits per heavy atom. The summed E-state index contributed by atoms with van der Waals surface area (Å²) in [5, 5.41) is 11.0. The molecular formula is C21H20N2O5. The SMILES string of the molecule is C=CCOc1cccc2c1C1CN(C(=O)N1OCc1ccccc1)C2C(=O)O. The van der Waals surface area contributed by atoms with Gasteiger partial charge in [-0.05, 0) is 17.2 Å². The minimum absolute atomic E-state index is 0.208. The molecule has 2 unspecified atom stereocenters. The number of nitrogens with zero attached hydrogens (tertiary/aromatic N) is 2. The van der Waals surface area contributed by atoms with Gasteiger partial charge in [-0.2, -0.15) is 5.06 Å². The van der Waals surface area contributed by atoms with Gasteiger partial charge >= 0.3 is 12.0 Å². The summed E-state index contributed by atoms with van der Waals surface area (Å²) in [5.74, 6) is -0.546. The number of aliphatic carboxylic acids is 1. The highest BCUT2D eigenvalue weighted by molar-refractivity contribution is 5.87. The number of carbonyl (C=O) groups is 2. The fourth-order valence-electron chi connectivity index (χ4n) is 3.75. The molecule has 2 heterocycles. The maximum Gasteiger partial charge on any atom is 0.345 e. The first-order valence-electron chi connectivity index (χ1n) is 8.97. The number of ether oxygens (including phenoxy) is 1. The standard InChI is InChI=1S/C21H20N2O5/c1-2-11-27-17-10-6-9-15-18(17)16-12-22(19(15)20(24)25)21(26)23(16)28-13-14-7-4-3-5-8-14/h2-10,16,19H,1,11-13H2,(H,24,25). The van der Waals surface area contributed by atoms with Crippen LogP contribution in [0.2, 0.25) is 0 Å². The summed E-state index contributed by atoms with van der Waals surface area (Å²) in [6, 6.07) is 12.8. The van der Waals surface area contributed by atoms with Gasteiger partial charge in [0.15, 0.2) is 6.04 Å². The van der Waals surface area contributed by atoms with E-state index in [2.05, 4.69) is 6.58 Å². The number of rotatable bonds is 7. The van der Waals surface area contributed by atoms with Gasteiger partial charge in [0.2, 0.25) is 0 Å². The van der Waals surface area contributed by atoms with Crippen molar-refractivity contribution in [3.8, 4) is 5.75 Å². The summed E-state index contributed by atoms with van der Waals surface area (Å²) >= 11 is 0. The van der Waals surface area contributed by atoms with Crippen molar-refractivity contribution < 1.29 is 24.3 Å². The number of urea groups is 1. The van der Waals surface area contributed by atoms with Crippen LogP contribution in [0, 0.1) is 0 Å². The quantitative estimate of drug-likeness (QED) is 0.746. The van der Waals surface area contributed by atoms with E-state index in [1.807, 2.05) is 30.3 Å². The lowest BCUT2D eigenvalue weighted by atomic mass is 9.90. The van der Waals surface area contributed by atoms with Crippen LogP contribution < -0.4 is 4.74 Å². The smallest absolute Gasteiger partial charge is 0.345 e. The normalized spacial score (nSPS) is 20.1. The number of carboxylic acid groups (broad SMARTS) is 1. The Kier molecular flexibility index (Phi) is 4.75. The largest absolute Gasteiger partial charge is 0.489 e. The van der Waals surface area contributed by atoms with Crippen LogP contribution in [0.4, 0.5) is 4.79 Å². The molecular weight excluding hydrogens is 360 g/mol. The van der Waals surface area contributed by atoms with E-state index in [4.69, 9.17) is 9.57 Å². The molecule has 2 aliphatic heterocycles. The Bertz CT molecular complexity index is 914. The van der Waals surface area contributed by atoms with Crippen LogP contribution >= 0.6 is 0 Å². The van der Waals surface area contributed by atoms with Gasteiger partial charge < -0.3 is 14.7 Å². The van der Waals surface area contributed by atoms with Gasteiger partial charge in [0.05, 0.1) is 6.54 Å². The molecule has 28 heavy (non-hydrogen) atoms. The fraction of sp³-hybridized carbons (Fsp3) is 0.238. The molecule has 1 saturated heterocycles. The van der Waals surface area contributed by atoms with Gasteiger partial charge in [0, 0.05) is 5.56 Å². The molecule has 2 aromatic carbocycles. The van der Waals surface area contributed by atoms with Crippen molar-refractivity contribution in [2.75, 3.05) is 13.2 Å². The van der Waals surface area contributed by atoms with Crippen LogP contribution in [0.3, 0.4) is 0 Å². The Hall–Kier alpha value is -3.32. The molecule has 7 heteroatoms. The maximum atomic E-state index is 12.9. The van der Waals surface area contributed by atoms with E-state index in [0.29, 0.717) is 16.9 Å². The molecule has 144 valence electrons. The minimum Gasteiger partial charge on any atom is -0.489 e. The van der Waals surface area contributed by atoms with Crippen molar-refractivity contribution in [2.24, 2.45) is 0 Å². The molecule has 0 aliphatic carbocycles. The number of hydroxylamine groups is 2. The lowest BCUT2D eigenvalue weighted by Crippen LogP contribution is -2.38. The molecule has 4 rings (SSSR count).